The largest absolute Gasteiger partial charge is 0.466 e. The molecule has 1 aliphatic heterocycles. The van der Waals surface area contributed by atoms with Gasteiger partial charge in [0.2, 0.25) is 0 Å². The van der Waals surface area contributed by atoms with Crippen LogP contribution in [0.2, 0.25) is 0 Å². The molecule has 0 saturated heterocycles. The molecular formula is C12H12N2O4S. The van der Waals surface area contributed by atoms with Crippen molar-refractivity contribution in [1.29, 1.82) is 0 Å². The highest BCUT2D eigenvalue weighted by Crippen LogP contribution is 2.36. The number of nitro groups is 1. The molecule has 0 saturated carbocycles. The average molecular weight is 280 g/mol. The zero-order chi connectivity index (χ0) is 13.8. The Morgan fingerprint density at radius 1 is 1.58 bits per heavy atom. The standard InChI is InChI=1S/C12H12N2O4S/c1-2-18-12(15)5-8-7-19-11-6-9(14(16)17)3-4-10(11)13-8/h3-4,6H,2,5,7H2,1H3. The molecule has 0 spiro atoms. The molecule has 100 valence electrons. The van der Waals surface area contributed by atoms with Crippen LogP contribution in [0.3, 0.4) is 0 Å². The minimum absolute atomic E-state index is 0.0512. The summed E-state index contributed by atoms with van der Waals surface area (Å²) in [4.78, 5) is 26.7. The number of carbonyl (C=O) groups is 1. The molecule has 1 aliphatic rings. The van der Waals surface area contributed by atoms with Crippen LogP contribution < -0.4 is 0 Å². The van der Waals surface area contributed by atoms with E-state index in [-0.39, 0.29) is 18.1 Å². The summed E-state index contributed by atoms with van der Waals surface area (Å²) in [6.07, 6.45) is 0.164. The van der Waals surface area contributed by atoms with E-state index in [2.05, 4.69) is 4.99 Å². The molecule has 0 amide bonds. The number of fused-ring (bicyclic) bond motifs is 1. The first-order chi connectivity index (χ1) is 9.10. The van der Waals surface area contributed by atoms with Crippen LogP contribution in [0.15, 0.2) is 28.1 Å². The Bertz CT molecular complexity index is 557. The van der Waals surface area contributed by atoms with E-state index in [1.54, 1.807) is 13.0 Å². The topological polar surface area (TPSA) is 81.8 Å². The monoisotopic (exact) mass is 280 g/mol. The van der Waals surface area contributed by atoms with Gasteiger partial charge in [-0.25, -0.2) is 0 Å². The third-order valence-corrected chi connectivity index (χ3v) is 3.60. The molecule has 6 nitrogen and oxygen atoms in total. The molecule has 1 heterocycles. The van der Waals surface area contributed by atoms with Crippen molar-refractivity contribution < 1.29 is 14.5 Å². The second-order valence-corrected chi connectivity index (χ2v) is 4.87. The third kappa shape index (κ3) is 3.31. The summed E-state index contributed by atoms with van der Waals surface area (Å²) in [5, 5.41) is 10.7. The predicted octanol–water partition coefficient (Wildman–Crippen LogP) is 2.73. The quantitative estimate of drug-likeness (QED) is 0.481. The fraction of sp³-hybridized carbons (Fsp3) is 0.333. The van der Waals surface area contributed by atoms with Crippen molar-refractivity contribution in [3.63, 3.8) is 0 Å². The predicted molar refractivity (Wildman–Crippen MR) is 72.2 cm³/mol. The van der Waals surface area contributed by atoms with E-state index in [4.69, 9.17) is 4.74 Å². The van der Waals surface area contributed by atoms with Crippen molar-refractivity contribution in [2.45, 2.75) is 18.2 Å². The molecule has 0 unspecified atom stereocenters. The van der Waals surface area contributed by atoms with Gasteiger partial charge >= 0.3 is 5.97 Å². The number of non-ortho nitro benzene ring substituents is 1. The summed E-state index contributed by atoms with van der Waals surface area (Å²) < 4.78 is 4.86. The highest BCUT2D eigenvalue weighted by molar-refractivity contribution is 8.00. The summed E-state index contributed by atoms with van der Waals surface area (Å²) in [7, 11) is 0. The molecule has 7 heteroatoms. The number of nitrogens with zero attached hydrogens (tertiary/aromatic N) is 2. The number of aliphatic imine (C=N–C) groups is 1. The molecule has 1 aromatic carbocycles. The zero-order valence-corrected chi connectivity index (χ0v) is 11.1. The number of hydrogen-bond donors (Lipinski definition) is 0. The number of benzene rings is 1. The van der Waals surface area contributed by atoms with Gasteiger partial charge in [0.15, 0.2) is 0 Å². The second kappa shape index (κ2) is 5.83. The lowest BCUT2D eigenvalue weighted by Gasteiger charge is -2.14. The summed E-state index contributed by atoms with van der Waals surface area (Å²) in [5.74, 6) is 0.250. The maximum absolute atomic E-state index is 11.4. The Labute approximate surface area is 114 Å². The Morgan fingerprint density at radius 3 is 3.05 bits per heavy atom. The lowest BCUT2D eigenvalue weighted by atomic mass is 10.2. The van der Waals surface area contributed by atoms with E-state index in [9.17, 15) is 14.9 Å². The van der Waals surface area contributed by atoms with E-state index in [1.807, 2.05) is 0 Å². The summed E-state index contributed by atoms with van der Waals surface area (Å²) in [6, 6.07) is 4.52. The van der Waals surface area contributed by atoms with E-state index < -0.39 is 4.92 Å². The van der Waals surface area contributed by atoms with Crippen LogP contribution in [0, 0.1) is 10.1 Å². The highest BCUT2D eigenvalue weighted by Gasteiger charge is 2.18. The van der Waals surface area contributed by atoms with Gasteiger partial charge in [-0.1, -0.05) is 0 Å². The SMILES string of the molecule is CCOC(=O)CC1=Nc2ccc([N+](=O)[O-])cc2SC1. The summed E-state index contributed by atoms with van der Waals surface area (Å²) >= 11 is 1.45. The zero-order valence-electron chi connectivity index (χ0n) is 10.3. The number of hydrogen-bond acceptors (Lipinski definition) is 6. The van der Waals surface area contributed by atoms with Gasteiger partial charge < -0.3 is 4.74 Å². The smallest absolute Gasteiger partial charge is 0.311 e. The van der Waals surface area contributed by atoms with Crippen molar-refractivity contribution in [3.8, 4) is 0 Å². The Morgan fingerprint density at radius 2 is 2.37 bits per heavy atom. The third-order valence-electron chi connectivity index (χ3n) is 2.48. The molecular weight excluding hydrogens is 268 g/mol. The highest BCUT2D eigenvalue weighted by atomic mass is 32.2. The number of nitro benzene ring substituents is 1. The van der Waals surface area contributed by atoms with Crippen molar-refractivity contribution in [1.82, 2.24) is 0 Å². The number of carbonyl (C=O) groups excluding carboxylic acids is 1. The number of ether oxygens (including phenoxy) is 1. The van der Waals surface area contributed by atoms with Crippen molar-refractivity contribution in [2.75, 3.05) is 12.4 Å². The molecule has 0 N–H and O–H groups in total. The van der Waals surface area contributed by atoms with E-state index >= 15 is 0 Å². The van der Waals surface area contributed by atoms with Gasteiger partial charge in [-0.3, -0.25) is 19.9 Å². The summed E-state index contributed by atoms with van der Waals surface area (Å²) in [6.45, 7) is 2.10. The Kier molecular flexibility index (Phi) is 4.16. The van der Waals surface area contributed by atoms with E-state index in [0.29, 0.717) is 18.0 Å². The Hall–Kier alpha value is -1.89. The first-order valence-electron chi connectivity index (χ1n) is 5.73. The molecule has 2 rings (SSSR count). The molecule has 0 bridgehead atoms. The molecule has 0 fully saturated rings. The van der Waals surface area contributed by atoms with Crippen molar-refractivity contribution in [2.24, 2.45) is 4.99 Å². The van der Waals surface area contributed by atoms with Crippen molar-refractivity contribution >= 4 is 34.8 Å². The van der Waals surface area contributed by atoms with Gasteiger partial charge in [0, 0.05) is 28.5 Å². The average Bonchev–Trinajstić information content (AvgIpc) is 2.38. The maximum atomic E-state index is 11.4. The van der Waals surface area contributed by atoms with E-state index in [0.717, 1.165) is 10.6 Å². The van der Waals surface area contributed by atoms with Crippen LogP contribution in [0.1, 0.15) is 13.3 Å². The minimum Gasteiger partial charge on any atom is -0.466 e. The maximum Gasteiger partial charge on any atom is 0.311 e. The fourth-order valence-electron chi connectivity index (χ4n) is 1.66. The number of esters is 1. The summed E-state index contributed by atoms with van der Waals surface area (Å²) in [5.41, 5.74) is 1.45. The molecule has 0 aromatic heterocycles. The van der Waals surface area contributed by atoms with Crippen LogP contribution in [-0.4, -0.2) is 29.0 Å². The lowest BCUT2D eigenvalue weighted by Crippen LogP contribution is -2.14. The van der Waals surface area contributed by atoms with Gasteiger partial charge in [0.25, 0.3) is 5.69 Å². The molecule has 0 aliphatic carbocycles. The van der Waals surface area contributed by atoms with Gasteiger partial charge in [0.05, 0.1) is 23.6 Å². The van der Waals surface area contributed by atoms with Crippen LogP contribution in [0.5, 0.6) is 0 Å². The van der Waals surface area contributed by atoms with Gasteiger partial charge in [-0.05, 0) is 13.0 Å². The molecule has 1 aromatic rings. The molecule has 0 atom stereocenters. The van der Waals surface area contributed by atoms with Crippen LogP contribution >= 0.6 is 11.8 Å². The van der Waals surface area contributed by atoms with Gasteiger partial charge in [0.1, 0.15) is 0 Å². The Balaban J connectivity index is 2.17. The van der Waals surface area contributed by atoms with Crippen LogP contribution in [0.4, 0.5) is 11.4 Å². The van der Waals surface area contributed by atoms with Crippen LogP contribution in [-0.2, 0) is 9.53 Å². The normalized spacial score (nSPS) is 13.4. The fourth-order valence-corrected chi connectivity index (χ4v) is 2.61. The second-order valence-electron chi connectivity index (χ2n) is 3.86. The first kappa shape index (κ1) is 13.5. The minimum atomic E-state index is -0.432. The van der Waals surface area contributed by atoms with Crippen molar-refractivity contribution in [3.05, 3.63) is 28.3 Å². The first-order valence-corrected chi connectivity index (χ1v) is 6.72. The molecule has 0 radical (unpaired) electrons. The van der Waals surface area contributed by atoms with Gasteiger partial charge in [-0.15, -0.1) is 11.8 Å². The number of thioether (sulfide) groups is 1. The van der Waals surface area contributed by atoms with Gasteiger partial charge in [-0.2, -0.15) is 0 Å². The van der Waals surface area contributed by atoms with Crippen LogP contribution in [0.25, 0.3) is 0 Å². The number of rotatable bonds is 4. The lowest BCUT2D eigenvalue weighted by molar-refractivity contribution is -0.385. The van der Waals surface area contributed by atoms with E-state index in [1.165, 1.54) is 23.9 Å². The molecule has 19 heavy (non-hydrogen) atoms.